The zero-order valence-corrected chi connectivity index (χ0v) is 10.0. The van der Waals surface area contributed by atoms with Crippen molar-refractivity contribution in [3.8, 4) is 0 Å². The topological polar surface area (TPSA) is 51.0 Å². The molecule has 0 aliphatic heterocycles. The number of rotatable bonds is 3. The minimum absolute atomic E-state index is 0.520. The Bertz CT molecular complexity index is 478. The summed E-state index contributed by atoms with van der Waals surface area (Å²) in [6, 6.07) is 5.25. The van der Waals surface area contributed by atoms with Crippen molar-refractivity contribution in [1.82, 2.24) is 10.3 Å². The molecule has 0 radical (unpaired) electrons. The third kappa shape index (κ3) is 2.65. The molecule has 4 nitrogen and oxygen atoms in total. The molecule has 1 aromatic carbocycles. The van der Waals surface area contributed by atoms with Crippen LogP contribution in [0, 0.1) is 6.92 Å². The molecule has 0 saturated heterocycles. The van der Waals surface area contributed by atoms with E-state index in [9.17, 15) is 0 Å². The molecule has 2 rings (SSSR count). The monoisotopic (exact) mass is 257 g/mol. The zero-order valence-electron chi connectivity index (χ0n) is 8.50. The predicted octanol–water partition coefficient (Wildman–Crippen LogP) is 3.30. The molecule has 2 aromatic rings. The molecule has 0 atom stereocenters. The maximum Gasteiger partial charge on any atom is 0.127 e. The van der Waals surface area contributed by atoms with Gasteiger partial charge < -0.3 is 5.32 Å². The lowest BCUT2D eigenvalue weighted by molar-refractivity contribution is 0.301. The van der Waals surface area contributed by atoms with Gasteiger partial charge in [0.25, 0.3) is 0 Å². The van der Waals surface area contributed by atoms with E-state index in [-0.39, 0.29) is 0 Å². The Labute approximate surface area is 103 Å². The SMILES string of the molecule is Cc1nonc1CNc1cc(Cl)cc(Cl)c1. The second-order valence-corrected chi connectivity index (χ2v) is 4.18. The molecule has 84 valence electrons. The van der Waals surface area contributed by atoms with Gasteiger partial charge in [-0.15, -0.1) is 0 Å². The van der Waals surface area contributed by atoms with Crippen molar-refractivity contribution in [3.63, 3.8) is 0 Å². The van der Waals surface area contributed by atoms with E-state index in [4.69, 9.17) is 23.2 Å². The zero-order chi connectivity index (χ0) is 11.5. The van der Waals surface area contributed by atoms with E-state index in [0.29, 0.717) is 16.6 Å². The summed E-state index contributed by atoms with van der Waals surface area (Å²) < 4.78 is 4.59. The Kier molecular flexibility index (Phi) is 3.31. The van der Waals surface area contributed by atoms with Gasteiger partial charge in [0.05, 0.1) is 6.54 Å². The first kappa shape index (κ1) is 11.2. The van der Waals surface area contributed by atoms with Gasteiger partial charge in [-0.3, -0.25) is 0 Å². The van der Waals surface area contributed by atoms with Crippen LogP contribution in [0.4, 0.5) is 5.69 Å². The van der Waals surface area contributed by atoms with Crippen LogP contribution in [0.3, 0.4) is 0 Å². The van der Waals surface area contributed by atoms with Gasteiger partial charge in [0.1, 0.15) is 11.4 Å². The Morgan fingerprint density at radius 3 is 2.44 bits per heavy atom. The van der Waals surface area contributed by atoms with E-state index < -0.39 is 0 Å². The van der Waals surface area contributed by atoms with Crippen LogP contribution in [0.15, 0.2) is 22.8 Å². The molecule has 0 aliphatic rings. The van der Waals surface area contributed by atoms with Gasteiger partial charge >= 0.3 is 0 Å². The number of halogens is 2. The first-order valence-electron chi connectivity index (χ1n) is 4.63. The normalized spacial score (nSPS) is 10.4. The molecule has 0 aliphatic carbocycles. The van der Waals surface area contributed by atoms with Gasteiger partial charge in [0, 0.05) is 15.7 Å². The highest BCUT2D eigenvalue weighted by Crippen LogP contribution is 2.22. The van der Waals surface area contributed by atoms with Crippen LogP contribution in [0.25, 0.3) is 0 Å². The summed E-state index contributed by atoms with van der Waals surface area (Å²) in [6.45, 7) is 2.35. The molecular formula is C10H9Cl2N3O. The number of nitrogens with one attached hydrogen (secondary N) is 1. The van der Waals surface area contributed by atoms with Gasteiger partial charge in [-0.2, -0.15) is 0 Å². The summed E-state index contributed by atoms with van der Waals surface area (Å²) in [5, 5.41) is 11.8. The second-order valence-electron chi connectivity index (χ2n) is 3.31. The molecule has 1 N–H and O–H groups in total. The largest absolute Gasteiger partial charge is 0.379 e. The average Bonchev–Trinajstić information content (AvgIpc) is 2.59. The number of aryl methyl sites for hydroxylation is 1. The highest BCUT2D eigenvalue weighted by atomic mass is 35.5. The summed E-state index contributed by atoms with van der Waals surface area (Å²) in [4.78, 5) is 0. The van der Waals surface area contributed by atoms with Crippen LogP contribution in [-0.2, 0) is 6.54 Å². The molecule has 0 saturated carbocycles. The minimum Gasteiger partial charge on any atom is -0.379 e. The van der Waals surface area contributed by atoms with Crippen LogP contribution >= 0.6 is 23.2 Å². The maximum atomic E-state index is 5.87. The molecule has 0 unspecified atom stereocenters. The van der Waals surface area contributed by atoms with Crippen LogP contribution in [0.1, 0.15) is 11.4 Å². The Balaban J connectivity index is 2.07. The Morgan fingerprint density at radius 1 is 1.19 bits per heavy atom. The number of hydrogen-bond acceptors (Lipinski definition) is 4. The minimum atomic E-state index is 0.520. The summed E-state index contributed by atoms with van der Waals surface area (Å²) in [7, 11) is 0. The first-order valence-corrected chi connectivity index (χ1v) is 5.39. The smallest absolute Gasteiger partial charge is 0.127 e. The Hall–Kier alpha value is -1.26. The fourth-order valence-corrected chi connectivity index (χ4v) is 1.78. The molecule has 16 heavy (non-hydrogen) atoms. The maximum absolute atomic E-state index is 5.87. The molecular weight excluding hydrogens is 249 g/mol. The van der Waals surface area contributed by atoms with Gasteiger partial charge in [-0.1, -0.05) is 33.5 Å². The summed E-state index contributed by atoms with van der Waals surface area (Å²) in [5.41, 5.74) is 2.36. The summed E-state index contributed by atoms with van der Waals surface area (Å²) in [6.07, 6.45) is 0. The van der Waals surface area contributed by atoms with Crippen molar-refractivity contribution in [2.45, 2.75) is 13.5 Å². The number of anilines is 1. The van der Waals surface area contributed by atoms with Crippen LogP contribution in [0.2, 0.25) is 10.0 Å². The van der Waals surface area contributed by atoms with Crippen LogP contribution in [-0.4, -0.2) is 10.3 Å². The van der Waals surface area contributed by atoms with Crippen molar-refractivity contribution in [1.29, 1.82) is 0 Å². The number of hydrogen-bond donors (Lipinski definition) is 1. The van der Waals surface area contributed by atoms with Crippen molar-refractivity contribution in [2.75, 3.05) is 5.32 Å². The van der Waals surface area contributed by atoms with E-state index in [1.54, 1.807) is 18.2 Å². The predicted molar refractivity (Wildman–Crippen MR) is 62.8 cm³/mol. The van der Waals surface area contributed by atoms with E-state index in [0.717, 1.165) is 17.1 Å². The quantitative estimate of drug-likeness (QED) is 0.917. The lowest BCUT2D eigenvalue weighted by atomic mass is 10.3. The van der Waals surface area contributed by atoms with E-state index >= 15 is 0 Å². The number of benzene rings is 1. The van der Waals surface area contributed by atoms with Gasteiger partial charge in [0.2, 0.25) is 0 Å². The third-order valence-electron chi connectivity index (χ3n) is 2.07. The molecule has 0 amide bonds. The first-order chi connectivity index (χ1) is 7.65. The van der Waals surface area contributed by atoms with Gasteiger partial charge in [-0.05, 0) is 25.1 Å². The lowest BCUT2D eigenvalue weighted by Crippen LogP contribution is -2.01. The fourth-order valence-electron chi connectivity index (χ4n) is 1.25. The lowest BCUT2D eigenvalue weighted by Gasteiger charge is -2.05. The number of nitrogens with zero attached hydrogens (tertiary/aromatic N) is 2. The molecule has 0 bridgehead atoms. The average molecular weight is 258 g/mol. The molecule has 6 heteroatoms. The summed E-state index contributed by atoms with van der Waals surface area (Å²) >= 11 is 11.7. The highest BCUT2D eigenvalue weighted by molar-refractivity contribution is 6.35. The van der Waals surface area contributed by atoms with Crippen molar-refractivity contribution in [2.24, 2.45) is 0 Å². The number of aromatic nitrogens is 2. The van der Waals surface area contributed by atoms with E-state index in [1.807, 2.05) is 6.92 Å². The van der Waals surface area contributed by atoms with Crippen molar-refractivity contribution >= 4 is 28.9 Å². The second kappa shape index (κ2) is 4.72. The summed E-state index contributed by atoms with van der Waals surface area (Å²) in [5.74, 6) is 0. The third-order valence-corrected chi connectivity index (χ3v) is 2.51. The van der Waals surface area contributed by atoms with Crippen molar-refractivity contribution < 1.29 is 4.63 Å². The van der Waals surface area contributed by atoms with E-state index in [2.05, 4.69) is 20.3 Å². The van der Waals surface area contributed by atoms with Crippen molar-refractivity contribution in [3.05, 3.63) is 39.6 Å². The van der Waals surface area contributed by atoms with Crippen LogP contribution < -0.4 is 5.32 Å². The molecule has 0 fully saturated rings. The fraction of sp³-hybridized carbons (Fsp3) is 0.200. The van der Waals surface area contributed by atoms with Gasteiger partial charge in [0.15, 0.2) is 0 Å². The standard InChI is InChI=1S/C10H9Cl2N3O/c1-6-10(15-16-14-6)5-13-9-3-7(11)2-8(12)4-9/h2-4,13H,5H2,1H3. The molecule has 1 aromatic heterocycles. The van der Waals surface area contributed by atoms with Crippen LogP contribution in [0.5, 0.6) is 0 Å². The Morgan fingerprint density at radius 2 is 1.88 bits per heavy atom. The molecule has 0 spiro atoms. The highest BCUT2D eigenvalue weighted by Gasteiger charge is 2.05. The molecule has 1 heterocycles. The van der Waals surface area contributed by atoms with E-state index in [1.165, 1.54) is 0 Å². The van der Waals surface area contributed by atoms with Gasteiger partial charge in [-0.25, -0.2) is 4.63 Å².